The van der Waals surface area contributed by atoms with Crippen molar-refractivity contribution in [2.75, 3.05) is 39.3 Å². The summed E-state index contributed by atoms with van der Waals surface area (Å²) in [6.07, 6.45) is 3.11. The number of nitrogens with zero attached hydrogens (tertiary/aromatic N) is 3. The smallest absolute Gasteiger partial charge is 0.272 e. The maximum Gasteiger partial charge on any atom is 0.272 e. The van der Waals surface area contributed by atoms with E-state index in [1.165, 1.54) is 6.20 Å². The van der Waals surface area contributed by atoms with Crippen molar-refractivity contribution in [1.29, 1.82) is 0 Å². The first-order valence-electron chi connectivity index (χ1n) is 7.52. The number of likely N-dealkylation sites (N-methyl/N-ethyl adjacent to an activating group) is 1. The van der Waals surface area contributed by atoms with Crippen LogP contribution >= 0.6 is 0 Å². The molecule has 1 saturated heterocycles. The van der Waals surface area contributed by atoms with Crippen LogP contribution in [-0.2, 0) is 0 Å². The van der Waals surface area contributed by atoms with E-state index in [2.05, 4.69) is 28.7 Å². The Bertz CT molecular complexity index is 551. The monoisotopic (exact) mass is 302 g/mol. The first kappa shape index (κ1) is 16.2. The van der Waals surface area contributed by atoms with Crippen LogP contribution in [-0.4, -0.2) is 65.9 Å². The second kappa shape index (κ2) is 7.70. The lowest BCUT2D eigenvalue weighted by Gasteiger charge is -2.33. The molecule has 1 aromatic heterocycles. The summed E-state index contributed by atoms with van der Waals surface area (Å²) in [5.74, 6) is -0.346. The number of carbonyl (C=O) groups is 2. The van der Waals surface area contributed by atoms with Gasteiger partial charge in [0.25, 0.3) is 11.8 Å². The molecule has 6 heteroatoms. The number of amides is 2. The molecule has 22 heavy (non-hydrogen) atoms. The average Bonchev–Trinajstić information content (AvgIpc) is 2.59. The number of carbonyl (C=O) groups excluding carboxylic acids is 2. The molecule has 0 aromatic carbocycles. The van der Waals surface area contributed by atoms with Crippen molar-refractivity contribution in [3.63, 3.8) is 0 Å². The number of hydrogen-bond acceptors (Lipinski definition) is 4. The van der Waals surface area contributed by atoms with Crippen molar-refractivity contribution in [2.24, 2.45) is 0 Å². The van der Waals surface area contributed by atoms with Crippen LogP contribution < -0.4 is 5.32 Å². The Labute approximate surface area is 130 Å². The van der Waals surface area contributed by atoms with Crippen LogP contribution in [0, 0.1) is 0 Å². The van der Waals surface area contributed by atoms with Gasteiger partial charge in [-0.15, -0.1) is 6.58 Å². The summed E-state index contributed by atoms with van der Waals surface area (Å²) in [4.78, 5) is 32.6. The van der Waals surface area contributed by atoms with Gasteiger partial charge < -0.3 is 15.1 Å². The minimum Gasteiger partial charge on any atom is -0.349 e. The molecule has 2 rings (SSSR count). The van der Waals surface area contributed by atoms with Crippen molar-refractivity contribution >= 4 is 11.8 Å². The number of pyridine rings is 1. The topological polar surface area (TPSA) is 65.5 Å². The quantitative estimate of drug-likeness (QED) is 0.816. The predicted molar refractivity (Wildman–Crippen MR) is 84.8 cm³/mol. The molecular weight excluding hydrogens is 280 g/mol. The molecule has 1 aromatic rings. The molecule has 0 spiro atoms. The molecule has 1 aliphatic heterocycles. The van der Waals surface area contributed by atoms with Crippen LogP contribution in [0.15, 0.2) is 31.0 Å². The zero-order valence-electron chi connectivity index (χ0n) is 12.9. The molecule has 2 heterocycles. The summed E-state index contributed by atoms with van der Waals surface area (Å²) in [5, 5.41) is 2.69. The van der Waals surface area contributed by atoms with E-state index in [1.807, 2.05) is 0 Å². The van der Waals surface area contributed by atoms with Crippen LogP contribution in [0.4, 0.5) is 0 Å². The third-order valence-corrected chi connectivity index (χ3v) is 3.75. The zero-order chi connectivity index (χ0) is 15.9. The molecule has 1 fully saturated rings. The summed E-state index contributed by atoms with van der Waals surface area (Å²) < 4.78 is 0. The average molecular weight is 302 g/mol. The van der Waals surface area contributed by atoms with Gasteiger partial charge in [-0.1, -0.05) is 13.0 Å². The molecule has 0 radical (unpaired) electrons. The standard InChI is InChI=1S/C16H22N4O2/c1-3-6-18-15(21)13-5-7-17-14(12-13)16(22)20-10-8-19(4-2)9-11-20/h3,5,7,12H,1,4,6,8-11H2,2H3,(H,18,21). The van der Waals surface area contributed by atoms with Gasteiger partial charge in [-0.25, -0.2) is 0 Å². The molecule has 0 bridgehead atoms. The van der Waals surface area contributed by atoms with E-state index in [-0.39, 0.29) is 11.8 Å². The van der Waals surface area contributed by atoms with Crippen LogP contribution in [0.2, 0.25) is 0 Å². The van der Waals surface area contributed by atoms with Crippen LogP contribution in [0.1, 0.15) is 27.8 Å². The predicted octanol–water partition coefficient (Wildman–Crippen LogP) is 0.775. The maximum absolute atomic E-state index is 12.5. The third-order valence-electron chi connectivity index (χ3n) is 3.75. The van der Waals surface area contributed by atoms with Gasteiger partial charge in [0.15, 0.2) is 0 Å². The van der Waals surface area contributed by atoms with E-state index >= 15 is 0 Å². The van der Waals surface area contributed by atoms with Crippen molar-refractivity contribution in [3.05, 3.63) is 42.2 Å². The highest BCUT2D eigenvalue weighted by Gasteiger charge is 2.22. The minimum absolute atomic E-state index is 0.117. The molecule has 0 atom stereocenters. The Kier molecular flexibility index (Phi) is 5.66. The highest BCUT2D eigenvalue weighted by Crippen LogP contribution is 2.09. The van der Waals surface area contributed by atoms with Gasteiger partial charge in [0.05, 0.1) is 0 Å². The van der Waals surface area contributed by atoms with Crippen LogP contribution in [0.25, 0.3) is 0 Å². The molecule has 0 aliphatic carbocycles. The largest absolute Gasteiger partial charge is 0.349 e. The minimum atomic E-state index is -0.229. The van der Waals surface area contributed by atoms with E-state index in [9.17, 15) is 9.59 Å². The molecule has 2 amide bonds. The number of piperazine rings is 1. The Hall–Kier alpha value is -2.21. The molecule has 6 nitrogen and oxygen atoms in total. The third kappa shape index (κ3) is 3.92. The van der Waals surface area contributed by atoms with Gasteiger partial charge in [-0.05, 0) is 18.7 Å². The maximum atomic E-state index is 12.5. The fourth-order valence-electron chi connectivity index (χ4n) is 2.38. The molecular formula is C16H22N4O2. The van der Waals surface area contributed by atoms with Crippen LogP contribution in [0.5, 0.6) is 0 Å². The summed E-state index contributed by atoms with van der Waals surface area (Å²) in [7, 11) is 0. The van der Waals surface area contributed by atoms with Crippen molar-refractivity contribution in [3.8, 4) is 0 Å². The van der Waals surface area contributed by atoms with Gasteiger partial charge in [0.2, 0.25) is 0 Å². The lowest BCUT2D eigenvalue weighted by molar-refractivity contribution is 0.0637. The number of aromatic nitrogens is 1. The summed E-state index contributed by atoms with van der Waals surface area (Å²) in [6, 6.07) is 3.15. The van der Waals surface area contributed by atoms with Gasteiger partial charge in [-0.3, -0.25) is 14.6 Å². The van der Waals surface area contributed by atoms with E-state index in [4.69, 9.17) is 0 Å². The molecule has 0 saturated carbocycles. The Morgan fingerprint density at radius 3 is 2.73 bits per heavy atom. The van der Waals surface area contributed by atoms with Gasteiger partial charge in [0, 0.05) is 44.5 Å². The second-order valence-corrected chi connectivity index (χ2v) is 5.15. The molecule has 1 aliphatic rings. The Balaban J connectivity index is 2.04. The van der Waals surface area contributed by atoms with E-state index in [0.29, 0.717) is 30.9 Å². The van der Waals surface area contributed by atoms with Gasteiger partial charge in [0.1, 0.15) is 5.69 Å². The number of rotatable bonds is 5. The SMILES string of the molecule is C=CCNC(=O)c1ccnc(C(=O)N2CCN(CC)CC2)c1. The first-order valence-corrected chi connectivity index (χ1v) is 7.52. The zero-order valence-corrected chi connectivity index (χ0v) is 12.9. The summed E-state index contributed by atoms with van der Waals surface area (Å²) in [5.41, 5.74) is 0.753. The molecule has 118 valence electrons. The fraction of sp³-hybridized carbons (Fsp3) is 0.438. The summed E-state index contributed by atoms with van der Waals surface area (Å²) in [6.45, 7) is 10.2. The normalized spacial score (nSPS) is 15.4. The molecule has 1 N–H and O–H groups in total. The summed E-state index contributed by atoms with van der Waals surface area (Å²) >= 11 is 0. The van der Waals surface area contributed by atoms with E-state index in [0.717, 1.165) is 19.6 Å². The molecule has 0 unspecified atom stereocenters. The first-order chi connectivity index (χ1) is 10.7. The fourth-order valence-corrected chi connectivity index (χ4v) is 2.38. The lowest BCUT2D eigenvalue weighted by Crippen LogP contribution is -2.48. The van der Waals surface area contributed by atoms with E-state index in [1.54, 1.807) is 23.1 Å². The van der Waals surface area contributed by atoms with E-state index < -0.39 is 0 Å². The van der Waals surface area contributed by atoms with Crippen molar-refractivity contribution in [2.45, 2.75) is 6.92 Å². The van der Waals surface area contributed by atoms with Gasteiger partial charge >= 0.3 is 0 Å². The van der Waals surface area contributed by atoms with Crippen LogP contribution in [0.3, 0.4) is 0 Å². The second-order valence-electron chi connectivity index (χ2n) is 5.15. The number of nitrogens with one attached hydrogen (secondary N) is 1. The Morgan fingerprint density at radius 1 is 1.36 bits per heavy atom. The number of hydrogen-bond donors (Lipinski definition) is 1. The Morgan fingerprint density at radius 2 is 2.09 bits per heavy atom. The van der Waals surface area contributed by atoms with Crippen molar-refractivity contribution < 1.29 is 9.59 Å². The highest BCUT2D eigenvalue weighted by molar-refractivity contribution is 5.98. The lowest BCUT2D eigenvalue weighted by atomic mass is 10.2. The van der Waals surface area contributed by atoms with Crippen molar-refractivity contribution in [1.82, 2.24) is 20.1 Å². The van der Waals surface area contributed by atoms with Gasteiger partial charge in [-0.2, -0.15) is 0 Å². The highest BCUT2D eigenvalue weighted by atomic mass is 16.2.